The van der Waals surface area contributed by atoms with Crippen LogP contribution in [0.1, 0.15) is 82.1 Å². The fraction of sp³-hybridized carbons (Fsp3) is 0.559. The quantitative estimate of drug-likeness (QED) is 0.214. The summed E-state index contributed by atoms with van der Waals surface area (Å²) in [7, 11) is 1.36. The Kier molecular flexibility index (Phi) is 9.50. The molecule has 2 unspecified atom stereocenters. The first-order valence-electron chi connectivity index (χ1n) is 14.4. The van der Waals surface area contributed by atoms with Gasteiger partial charge in [0.2, 0.25) is 0 Å². The average molecular weight is 607 g/mol. The second-order valence-corrected chi connectivity index (χ2v) is 14.3. The number of methoxy groups -OCH3 is 1. The zero-order chi connectivity index (χ0) is 32.6. The fourth-order valence-corrected chi connectivity index (χ4v) is 5.34. The predicted molar refractivity (Wildman–Crippen MR) is 161 cm³/mol. The Hall–Kier alpha value is -3.36. The first-order valence-corrected chi connectivity index (χ1v) is 14.4. The van der Waals surface area contributed by atoms with E-state index in [9.17, 15) is 18.0 Å². The summed E-state index contributed by atoms with van der Waals surface area (Å²) in [6, 6.07) is 11.0. The number of alkyl halides is 3. The summed E-state index contributed by atoms with van der Waals surface area (Å²) < 4.78 is 66.8. The molecule has 238 valence electrons. The molecule has 0 bridgehead atoms. The Labute approximate surface area is 252 Å². The summed E-state index contributed by atoms with van der Waals surface area (Å²) in [5.74, 6) is 0.264. The topological polar surface area (TPSA) is 67.1 Å². The molecule has 3 aromatic rings. The molecule has 1 heterocycles. The number of halogens is 3. The van der Waals surface area contributed by atoms with Gasteiger partial charge in [-0.3, -0.25) is 4.79 Å². The summed E-state index contributed by atoms with van der Waals surface area (Å²) in [4.78, 5) is 13.6. The number of esters is 1. The van der Waals surface area contributed by atoms with E-state index < -0.39 is 23.1 Å². The molecule has 43 heavy (non-hydrogen) atoms. The molecule has 0 saturated carbocycles. The number of carbonyl (C=O) groups is 1. The molecule has 3 rings (SSSR count). The number of ether oxygens (including phenoxy) is 4. The first kappa shape index (κ1) is 34.1. The van der Waals surface area contributed by atoms with Gasteiger partial charge in [0.25, 0.3) is 0 Å². The van der Waals surface area contributed by atoms with Crippen molar-refractivity contribution >= 4 is 16.9 Å². The van der Waals surface area contributed by atoms with E-state index in [2.05, 4.69) is 46.3 Å². The molecule has 0 fully saturated rings. The molecule has 0 saturated heterocycles. The van der Waals surface area contributed by atoms with Gasteiger partial charge in [-0.15, -0.1) is 13.2 Å². The lowest BCUT2D eigenvalue weighted by Crippen LogP contribution is -2.47. The van der Waals surface area contributed by atoms with Gasteiger partial charge >= 0.3 is 12.3 Å². The molecule has 2 atom stereocenters. The summed E-state index contributed by atoms with van der Waals surface area (Å²) in [5.41, 5.74) is -1.30. The van der Waals surface area contributed by atoms with Crippen molar-refractivity contribution < 1.29 is 41.3 Å². The van der Waals surface area contributed by atoms with Crippen LogP contribution in [0.25, 0.3) is 22.3 Å². The second kappa shape index (κ2) is 12.0. The minimum atomic E-state index is -4.88. The molecule has 0 aliphatic rings. The molecule has 0 aliphatic heterocycles. The zero-order valence-electron chi connectivity index (χ0n) is 27.1. The molecule has 2 aromatic carbocycles. The normalized spacial score (nSPS) is 15.1. The van der Waals surface area contributed by atoms with Gasteiger partial charge in [0.05, 0.1) is 24.2 Å². The maximum absolute atomic E-state index is 13.6. The third-order valence-electron chi connectivity index (χ3n) is 7.65. The minimum Gasteiger partial charge on any atom is -0.497 e. The molecule has 9 heteroatoms. The Balaban J connectivity index is 1.77. The zero-order valence-corrected chi connectivity index (χ0v) is 27.1. The van der Waals surface area contributed by atoms with Crippen molar-refractivity contribution in [1.82, 2.24) is 0 Å². The van der Waals surface area contributed by atoms with Crippen LogP contribution in [0.15, 0.2) is 46.9 Å². The third kappa shape index (κ3) is 8.83. The SMILES string of the molecule is COc1ccc(-c2cc3ccc(OC(C)CC(C)(C)OC(=O)C(C)(CC(C)(C)C)C(C)(C)C)cc3o2)c(OC(F)(F)F)c1. The van der Waals surface area contributed by atoms with E-state index in [1.165, 1.54) is 19.2 Å². The van der Waals surface area contributed by atoms with E-state index >= 15 is 0 Å². The first-order chi connectivity index (χ1) is 19.5. The monoisotopic (exact) mass is 606 g/mol. The van der Waals surface area contributed by atoms with Gasteiger partial charge in [-0.25, -0.2) is 0 Å². The van der Waals surface area contributed by atoms with Crippen LogP contribution in [0.2, 0.25) is 0 Å². The summed E-state index contributed by atoms with van der Waals surface area (Å²) >= 11 is 0. The maximum Gasteiger partial charge on any atom is 0.573 e. The van der Waals surface area contributed by atoms with E-state index in [0.29, 0.717) is 29.6 Å². The van der Waals surface area contributed by atoms with Crippen molar-refractivity contribution in [3.05, 3.63) is 42.5 Å². The van der Waals surface area contributed by atoms with E-state index in [1.54, 1.807) is 24.3 Å². The Morgan fingerprint density at radius 1 is 0.884 bits per heavy atom. The summed E-state index contributed by atoms with van der Waals surface area (Å²) in [5, 5.41) is 0.679. The fourth-order valence-electron chi connectivity index (χ4n) is 5.34. The van der Waals surface area contributed by atoms with Gasteiger partial charge in [-0.2, -0.15) is 0 Å². The highest BCUT2D eigenvalue weighted by Crippen LogP contribution is 2.48. The van der Waals surface area contributed by atoms with Crippen molar-refractivity contribution in [2.45, 2.75) is 100 Å². The lowest BCUT2D eigenvalue weighted by atomic mass is 9.61. The van der Waals surface area contributed by atoms with E-state index in [4.69, 9.17) is 18.6 Å². The van der Waals surface area contributed by atoms with Crippen LogP contribution >= 0.6 is 0 Å². The van der Waals surface area contributed by atoms with Crippen LogP contribution in [0.4, 0.5) is 13.2 Å². The molecule has 0 spiro atoms. The van der Waals surface area contributed by atoms with Crippen molar-refractivity contribution in [3.63, 3.8) is 0 Å². The van der Waals surface area contributed by atoms with Crippen LogP contribution in [0.5, 0.6) is 17.2 Å². The van der Waals surface area contributed by atoms with Gasteiger partial charge in [0.1, 0.15) is 34.2 Å². The Morgan fingerprint density at radius 2 is 1.51 bits per heavy atom. The third-order valence-corrected chi connectivity index (χ3v) is 7.65. The van der Waals surface area contributed by atoms with Gasteiger partial charge in [0.15, 0.2) is 0 Å². The Morgan fingerprint density at radius 3 is 2.07 bits per heavy atom. The van der Waals surface area contributed by atoms with E-state index in [1.807, 2.05) is 27.7 Å². The smallest absolute Gasteiger partial charge is 0.497 e. The predicted octanol–water partition coefficient (Wildman–Crippen LogP) is 9.97. The molecule has 0 aliphatic carbocycles. The highest BCUT2D eigenvalue weighted by molar-refractivity contribution is 5.85. The van der Waals surface area contributed by atoms with Gasteiger partial charge < -0.3 is 23.4 Å². The van der Waals surface area contributed by atoms with Crippen LogP contribution in [-0.2, 0) is 9.53 Å². The minimum absolute atomic E-state index is 0.0632. The highest BCUT2D eigenvalue weighted by Gasteiger charge is 2.49. The number of hydrogen-bond acceptors (Lipinski definition) is 6. The van der Waals surface area contributed by atoms with Crippen LogP contribution < -0.4 is 14.2 Å². The largest absolute Gasteiger partial charge is 0.573 e. The number of hydrogen-bond donors (Lipinski definition) is 0. The lowest BCUT2D eigenvalue weighted by Gasteiger charge is -2.45. The number of fused-ring (bicyclic) bond motifs is 1. The van der Waals surface area contributed by atoms with Crippen molar-refractivity contribution in [1.29, 1.82) is 0 Å². The average Bonchev–Trinajstić information content (AvgIpc) is 3.23. The standard InChI is InChI=1S/C34H45F3O6/c1-21(19-32(8,9)43-29(38)33(10,31(5,6)7)20-30(2,3)4)40-24-13-12-22-16-27(41-26(22)18-24)25-15-14-23(39-11)17-28(25)42-34(35,36)37/h12-18,21H,19-20H2,1-11H3. The van der Waals surface area contributed by atoms with E-state index in [-0.39, 0.29) is 40.0 Å². The molecular formula is C34H45F3O6. The number of furan rings is 1. The van der Waals surface area contributed by atoms with E-state index in [0.717, 1.165) is 6.07 Å². The van der Waals surface area contributed by atoms with Crippen LogP contribution in [0, 0.1) is 16.2 Å². The van der Waals surface area contributed by atoms with Crippen molar-refractivity contribution in [2.24, 2.45) is 16.2 Å². The molecule has 0 amide bonds. The maximum atomic E-state index is 13.6. The molecule has 6 nitrogen and oxygen atoms in total. The molecule has 0 N–H and O–H groups in total. The number of rotatable bonds is 10. The molecule has 1 aromatic heterocycles. The van der Waals surface area contributed by atoms with Gasteiger partial charge in [0, 0.05) is 23.9 Å². The van der Waals surface area contributed by atoms with Crippen molar-refractivity contribution in [2.75, 3.05) is 7.11 Å². The van der Waals surface area contributed by atoms with Gasteiger partial charge in [-0.1, -0.05) is 41.5 Å². The van der Waals surface area contributed by atoms with Gasteiger partial charge in [-0.05, 0) is 75.3 Å². The lowest BCUT2D eigenvalue weighted by molar-refractivity contribution is -0.274. The summed E-state index contributed by atoms with van der Waals surface area (Å²) in [6.45, 7) is 20.2. The molecule has 0 radical (unpaired) electrons. The second-order valence-electron chi connectivity index (χ2n) is 14.3. The number of benzene rings is 2. The highest BCUT2D eigenvalue weighted by atomic mass is 19.4. The van der Waals surface area contributed by atoms with Crippen molar-refractivity contribution in [3.8, 4) is 28.6 Å². The molecular weight excluding hydrogens is 561 g/mol. The van der Waals surface area contributed by atoms with Crippen LogP contribution in [0.3, 0.4) is 0 Å². The number of carbonyl (C=O) groups excluding carboxylic acids is 1. The van der Waals surface area contributed by atoms with Crippen LogP contribution in [-0.4, -0.2) is 31.1 Å². The Bertz CT molecular complexity index is 1420. The summed E-state index contributed by atoms with van der Waals surface area (Å²) in [6.07, 6.45) is -4.10.